The lowest BCUT2D eigenvalue weighted by atomic mass is 10.0. The summed E-state index contributed by atoms with van der Waals surface area (Å²) >= 11 is 0. The minimum Gasteiger partial charge on any atom is -0.480 e. The van der Waals surface area contributed by atoms with Crippen molar-refractivity contribution in [1.82, 2.24) is 10.2 Å². The quantitative estimate of drug-likeness (QED) is 0.619. The van der Waals surface area contributed by atoms with Crippen LogP contribution in [0.4, 0.5) is 16.2 Å². The third kappa shape index (κ3) is 3.62. The monoisotopic (exact) mass is 428 g/mol. The summed E-state index contributed by atoms with van der Waals surface area (Å²) in [6.45, 7) is 4.99. The number of carboxylic acids is 1. The maximum Gasteiger partial charge on any atom is 0.325 e. The van der Waals surface area contributed by atoms with Crippen LogP contribution in [0.3, 0.4) is 0 Å². The molecule has 0 saturated carbocycles. The van der Waals surface area contributed by atoms with Crippen LogP contribution >= 0.6 is 0 Å². The molecule has 0 aromatic heterocycles. The number of carboxylic acid groups (broad SMARTS) is 1. The Balaban J connectivity index is 1.65. The second-order valence-corrected chi connectivity index (χ2v) is 7.57. The number of nitrogens with one attached hydrogen (secondary N) is 1. The van der Waals surface area contributed by atoms with Crippen molar-refractivity contribution in [3.63, 3.8) is 0 Å². The minimum absolute atomic E-state index is 0.210. The van der Waals surface area contributed by atoms with Crippen LogP contribution in [0.1, 0.15) is 11.1 Å². The molecule has 3 heterocycles. The van der Waals surface area contributed by atoms with Gasteiger partial charge in [0.05, 0.1) is 12.2 Å². The molecule has 2 saturated heterocycles. The van der Waals surface area contributed by atoms with Gasteiger partial charge in [-0.15, -0.1) is 0 Å². The first kappa shape index (κ1) is 20.5. The number of aliphatic carboxylic acids is 1. The number of carbonyl (C=O) groups excluding carboxylic acids is 2. The van der Waals surface area contributed by atoms with Crippen molar-refractivity contribution in [3.8, 4) is 0 Å². The van der Waals surface area contributed by atoms with Gasteiger partial charge in [0.25, 0.3) is 5.91 Å². The van der Waals surface area contributed by atoms with Gasteiger partial charge in [-0.05, 0) is 37.1 Å². The Kier molecular flexibility index (Phi) is 5.17. The van der Waals surface area contributed by atoms with E-state index in [4.69, 9.17) is 15.6 Å². The molecule has 11 heteroatoms. The third-order valence-electron chi connectivity index (χ3n) is 5.47. The molecule has 2 fully saturated rings. The molecule has 4 N–H and O–H groups in total. The lowest BCUT2D eigenvalue weighted by Crippen LogP contribution is -2.39. The van der Waals surface area contributed by atoms with E-state index in [1.165, 1.54) is 4.90 Å². The maximum absolute atomic E-state index is 13.2. The van der Waals surface area contributed by atoms with Crippen molar-refractivity contribution in [1.29, 1.82) is 0 Å². The number of aryl methyl sites for hydroxylation is 2. The van der Waals surface area contributed by atoms with Crippen LogP contribution in [0.15, 0.2) is 28.5 Å². The highest BCUT2D eigenvalue weighted by Crippen LogP contribution is 2.33. The molecule has 4 rings (SSSR count). The number of aliphatic imine (C=N–C) groups is 1. The Hall–Kier alpha value is -3.76. The Labute approximate surface area is 178 Å². The first-order valence-corrected chi connectivity index (χ1v) is 9.90. The fourth-order valence-electron chi connectivity index (χ4n) is 4.13. The van der Waals surface area contributed by atoms with E-state index >= 15 is 0 Å². The predicted molar refractivity (Wildman–Crippen MR) is 113 cm³/mol. The van der Waals surface area contributed by atoms with Crippen molar-refractivity contribution in [3.05, 3.63) is 34.7 Å². The largest absolute Gasteiger partial charge is 0.480 e. The Morgan fingerprint density at radius 3 is 2.58 bits per heavy atom. The Morgan fingerprint density at radius 1 is 1.19 bits per heavy atom. The van der Waals surface area contributed by atoms with E-state index in [1.54, 1.807) is 9.80 Å². The first-order valence-electron chi connectivity index (χ1n) is 9.90. The van der Waals surface area contributed by atoms with E-state index in [-0.39, 0.29) is 49.1 Å². The molecule has 3 aliphatic rings. The van der Waals surface area contributed by atoms with Crippen LogP contribution in [0, 0.1) is 13.8 Å². The number of rotatable bonds is 4. The molecule has 3 aliphatic heterocycles. The lowest BCUT2D eigenvalue weighted by Gasteiger charge is -2.26. The van der Waals surface area contributed by atoms with Gasteiger partial charge in [-0.3, -0.25) is 14.5 Å². The molecule has 3 amide bonds. The van der Waals surface area contributed by atoms with E-state index < -0.39 is 5.97 Å². The molecule has 11 nitrogen and oxygen atoms in total. The summed E-state index contributed by atoms with van der Waals surface area (Å²) in [6.07, 6.45) is 0. The summed E-state index contributed by atoms with van der Waals surface area (Å²) in [6, 6.07) is 3.33. The number of ether oxygens (including phenoxy) is 1. The molecular weight excluding hydrogens is 404 g/mol. The van der Waals surface area contributed by atoms with Gasteiger partial charge < -0.3 is 30.7 Å². The SMILES string of the molecule is Cc1cc(N2CCOC3=NCNC(N)=C3C2=O)cc(C)c1N1CCN(CC(=O)O)C1=O. The molecule has 1 aromatic rings. The highest BCUT2D eigenvalue weighted by molar-refractivity contribution is 6.24. The summed E-state index contributed by atoms with van der Waals surface area (Å²) in [5, 5.41) is 11.9. The van der Waals surface area contributed by atoms with Crippen molar-refractivity contribution in [2.45, 2.75) is 13.8 Å². The molecule has 0 aliphatic carbocycles. The number of fused-ring (bicyclic) bond motifs is 1. The van der Waals surface area contributed by atoms with E-state index in [0.29, 0.717) is 25.3 Å². The molecular formula is C20H24N6O5. The van der Waals surface area contributed by atoms with Crippen LogP contribution in [-0.2, 0) is 14.3 Å². The topological polar surface area (TPSA) is 141 Å². The van der Waals surface area contributed by atoms with Gasteiger partial charge in [-0.25, -0.2) is 9.79 Å². The van der Waals surface area contributed by atoms with Crippen molar-refractivity contribution in [2.24, 2.45) is 10.7 Å². The van der Waals surface area contributed by atoms with Crippen molar-refractivity contribution < 1.29 is 24.2 Å². The Bertz CT molecular complexity index is 1010. The van der Waals surface area contributed by atoms with Gasteiger partial charge in [0.2, 0.25) is 5.90 Å². The average Bonchev–Trinajstić information content (AvgIpc) is 2.93. The van der Waals surface area contributed by atoms with Crippen LogP contribution in [0.2, 0.25) is 0 Å². The second-order valence-electron chi connectivity index (χ2n) is 7.57. The van der Waals surface area contributed by atoms with Crippen LogP contribution in [0.25, 0.3) is 0 Å². The van der Waals surface area contributed by atoms with Gasteiger partial charge in [0.15, 0.2) is 0 Å². The van der Waals surface area contributed by atoms with Gasteiger partial charge in [0, 0.05) is 18.8 Å². The number of hydrogen-bond acceptors (Lipinski definition) is 7. The summed E-state index contributed by atoms with van der Waals surface area (Å²) in [7, 11) is 0. The van der Waals surface area contributed by atoms with E-state index in [1.807, 2.05) is 26.0 Å². The molecule has 0 atom stereocenters. The number of nitrogens with two attached hydrogens (primary N) is 1. The third-order valence-corrected chi connectivity index (χ3v) is 5.47. The molecule has 0 bridgehead atoms. The zero-order chi connectivity index (χ0) is 22.3. The maximum atomic E-state index is 13.2. The fraction of sp³-hybridized carbons (Fsp3) is 0.400. The number of urea groups is 1. The second kappa shape index (κ2) is 7.82. The molecule has 31 heavy (non-hydrogen) atoms. The molecule has 164 valence electrons. The van der Waals surface area contributed by atoms with Crippen LogP contribution in [-0.4, -0.2) is 73.3 Å². The first-order chi connectivity index (χ1) is 14.8. The van der Waals surface area contributed by atoms with E-state index in [0.717, 1.165) is 16.8 Å². The molecule has 0 unspecified atom stereocenters. The number of hydrogen-bond donors (Lipinski definition) is 3. The number of nitrogens with zero attached hydrogens (tertiary/aromatic N) is 4. The van der Waals surface area contributed by atoms with Gasteiger partial charge >= 0.3 is 12.0 Å². The van der Waals surface area contributed by atoms with Gasteiger partial charge in [0.1, 0.15) is 31.2 Å². The van der Waals surface area contributed by atoms with E-state index in [2.05, 4.69) is 10.3 Å². The number of amides is 3. The number of carbonyl (C=O) groups is 3. The zero-order valence-electron chi connectivity index (χ0n) is 17.3. The molecule has 0 spiro atoms. The van der Waals surface area contributed by atoms with E-state index in [9.17, 15) is 14.4 Å². The smallest absolute Gasteiger partial charge is 0.325 e. The number of anilines is 2. The fourth-order valence-corrected chi connectivity index (χ4v) is 4.13. The zero-order valence-corrected chi connectivity index (χ0v) is 17.3. The van der Waals surface area contributed by atoms with Crippen LogP contribution in [0.5, 0.6) is 0 Å². The summed E-state index contributed by atoms with van der Waals surface area (Å²) < 4.78 is 5.63. The lowest BCUT2D eigenvalue weighted by molar-refractivity contribution is -0.137. The normalized spacial score (nSPS) is 19.0. The van der Waals surface area contributed by atoms with Crippen molar-refractivity contribution >= 4 is 35.2 Å². The summed E-state index contributed by atoms with van der Waals surface area (Å²) in [5.41, 5.74) is 9.19. The number of benzene rings is 1. The van der Waals surface area contributed by atoms with Gasteiger partial charge in [-0.2, -0.15) is 0 Å². The van der Waals surface area contributed by atoms with Gasteiger partial charge in [-0.1, -0.05) is 0 Å². The van der Waals surface area contributed by atoms with Crippen molar-refractivity contribution in [2.75, 3.05) is 49.3 Å². The summed E-state index contributed by atoms with van der Waals surface area (Å²) in [4.78, 5) is 45.6. The molecule has 0 radical (unpaired) electrons. The standard InChI is InChI=1S/C20H24N6O5/c1-11-7-13(25-5-6-31-18-15(19(25)29)17(21)22-10-23-18)8-12(2)16(11)26-4-3-24(20(26)30)9-14(27)28/h7-8,22H,3-6,9-10,21H2,1-2H3,(H,27,28). The summed E-state index contributed by atoms with van der Waals surface area (Å²) in [5.74, 6) is -0.880. The van der Waals surface area contributed by atoms with Crippen LogP contribution < -0.4 is 20.9 Å². The molecule has 1 aromatic carbocycles. The predicted octanol–water partition coefficient (Wildman–Crippen LogP) is 0.123. The Morgan fingerprint density at radius 2 is 1.90 bits per heavy atom. The average molecular weight is 428 g/mol. The highest BCUT2D eigenvalue weighted by atomic mass is 16.5. The highest BCUT2D eigenvalue weighted by Gasteiger charge is 2.35. The minimum atomic E-state index is -1.05.